The van der Waals surface area contributed by atoms with Crippen LogP contribution in [-0.4, -0.2) is 32.6 Å². The predicted octanol–water partition coefficient (Wildman–Crippen LogP) is 3.70. The Morgan fingerprint density at radius 3 is 2.45 bits per heavy atom. The maximum absolute atomic E-state index is 9.90. The van der Waals surface area contributed by atoms with Gasteiger partial charge in [-0.2, -0.15) is 10.5 Å². The summed E-state index contributed by atoms with van der Waals surface area (Å²) in [7, 11) is 1.97. The summed E-state index contributed by atoms with van der Waals surface area (Å²) < 4.78 is 0. The highest BCUT2D eigenvalue weighted by Crippen LogP contribution is 2.48. The molecule has 2 heterocycles. The van der Waals surface area contributed by atoms with Gasteiger partial charge in [0.2, 0.25) is 0 Å². The molecule has 2 atom stereocenters. The van der Waals surface area contributed by atoms with Gasteiger partial charge in [0.25, 0.3) is 0 Å². The van der Waals surface area contributed by atoms with Crippen molar-refractivity contribution in [3.05, 3.63) is 76.8 Å². The van der Waals surface area contributed by atoms with Crippen molar-refractivity contribution in [1.29, 1.82) is 10.5 Å². The van der Waals surface area contributed by atoms with E-state index in [0.29, 0.717) is 11.4 Å². The lowest BCUT2D eigenvalue weighted by Gasteiger charge is -2.26. The molecular formula is C22H19N7. The van der Waals surface area contributed by atoms with Gasteiger partial charge in [0.15, 0.2) is 5.82 Å². The first-order valence-corrected chi connectivity index (χ1v) is 9.38. The van der Waals surface area contributed by atoms with Gasteiger partial charge in [0.1, 0.15) is 6.04 Å². The second-order valence-electron chi connectivity index (χ2n) is 6.93. The number of hydrogen-bond donors (Lipinski definition) is 1. The number of tetrazole rings is 1. The number of aromatic amines is 1. The van der Waals surface area contributed by atoms with Crippen LogP contribution in [0.5, 0.6) is 0 Å². The lowest BCUT2D eigenvalue weighted by Crippen LogP contribution is -2.23. The van der Waals surface area contributed by atoms with Gasteiger partial charge in [-0.05, 0) is 39.6 Å². The molecule has 1 N–H and O–H groups in total. The molecule has 3 aromatic rings. The van der Waals surface area contributed by atoms with Crippen LogP contribution in [0.1, 0.15) is 42.3 Å². The molecule has 0 aliphatic carbocycles. The fraction of sp³-hybridized carbons (Fsp3) is 0.227. The maximum atomic E-state index is 9.90. The molecule has 0 radical (unpaired) electrons. The summed E-state index contributed by atoms with van der Waals surface area (Å²) in [5, 5.41) is 33.7. The summed E-state index contributed by atoms with van der Waals surface area (Å²) in [6.07, 6.45) is 0.752. The Hall–Kier alpha value is -3.97. The third-order valence-electron chi connectivity index (χ3n) is 5.51. The van der Waals surface area contributed by atoms with Crippen LogP contribution < -0.4 is 0 Å². The number of rotatable bonds is 4. The number of nitrogens with one attached hydrogen (secondary N) is 1. The molecule has 7 nitrogen and oxygen atoms in total. The van der Waals surface area contributed by atoms with Gasteiger partial charge < -0.3 is 4.90 Å². The molecule has 2 aromatic carbocycles. The summed E-state index contributed by atoms with van der Waals surface area (Å²) in [5.41, 5.74) is 5.24. The van der Waals surface area contributed by atoms with Gasteiger partial charge in [-0.15, -0.1) is 5.10 Å². The van der Waals surface area contributed by atoms with Crippen molar-refractivity contribution in [3.8, 4) is 23.3 Å². The highest BCUT2D eigenvalue weighted by atomic mass is 15.5. The zero-order chi connectivity index (χ0) is 20.4. The van der Waals surface area contributed by atoms with E-state index in [9.17, 15) is 10.5 Å². The first kappa shape index (κ1) is 18.4. The van der Waals surface area contributed by atoms with Gasteiger partial charge in [0.05, 0.1) is 23.3 Å². The van der Waals surface area contributed by atoms with Crippen LogP contribution in [0, 0.1) is 22.7 Å². The number of likely N-dealkylation sites (N-methyl/N-ethyl adjacent to an activating group) is 1. The quantitative estimate of drug-likeness (QED) is 0.739. The summed E-state index contributed by atoms with van der Waals surface area (Å²) in [4.78, 5) is 2.09. The number of allylic oxidation sites excluding steroid dienone is 1. The van der Waals surface area contributed by atoms with E-state index >= 15 is 0 Å². The standard InChI is InChI=1S/C22H19N7/c1-3-19-18(13-24)20(21(29(19)2)22-25-27-28-26-22)15-10-8-14(9-11-15)17-7-5-4-6-16(17)12-23/h4-11,20-21H,3H2,1-2H3,(H,25,26,27,28). The predicted molar refractivity (Wildman–Crippen MR) is 107 cm³/mol. The molecule has 2 unspecified atom stereocenters. The van der Waals surface area contributed by atoms with E-state index in [1.807, 2.05) is 62.5 Å². The van der Waals surface area contributed by atoms with E-state index in [0.717, 1.165) is 34.4 Å². The van der Waals surface area contributed by atoms with Crippen LogP contribution in [-0.2, 0) is 0 Å². The van der Waals surface area contributed by atoms with E-state index < -0.39 is 0 Å². The number of hydrogen-bond acceptors (Lipinski definition) is 6. The molecule has 1 aliphatic heterocycles. The summed E-state index contributed by atoms with van der Waals surface area (Å²) in [6.45, 7) is 2.04. The molecule has 0 fully saturated rings. The third-order valence-corrected chi connectivity index (χ3v) is 5.51. The number of H-pyrrole nitrogens is 1. The minimum atomic E-state index is -0.174. The van der Waals surface area contributed by atoms with Crippen molar-refractivity contribution in [3.63, 3.8) is 0 Å². The van der Waals surface area contributed by atoms with Crippen LogP contribution in [0.4, 0.5) is 0 Å². The second kappa shape index (κ2) is 7.57. The third kappa shape index (κ3) is 3.03. The Balaban J connectivity index is 1.78. The highest BCUT2D eigenvalue weighted by Gasteiger charge is 2.42. The Labute approximate surface area is 168 Å². The molecule has 4 rings (SSSR count). The smallest absolute Gasteiger partial charge is 0.172 e. The molecule has 29 heavy (non-hydrogen) atoms. The highest BCUT2D eigenvalue weighted by molar-refractivity contribution is 5.70. The van der Waals surface area contributed by atoms with Crippen LogP contribution in [0.15, 0.2) is 59.8 Å². The molecule has 7 heteroatoms. The van der Waals surface area contributed by atoms with Crippen LogP contribution in [0.25, 0.3) is 11.1 Å². The fourth-order valence-corrected chi connectivity index (χ4v) is 4.18. The van der Waals surface area contributed by atoms with Gasteiger partial charge in [-0.1, -0.05) is 49.4 Å². The number of benzene rings is 2. The zero-order valence-electron chi connectivity index (χ0n) is 16.2. The number of nitriles is 2. The molecule has 0 saturated carbocycles. The first-order chi connectivity index (χ1) is 14.2. The number of aromatic nitrogens is 4. The van der Waals surface area contributed by atoms with E-state index in [1.54, 1.807) is 0 Å². The van der Waals surface area contributed by atoms with Gasteiger partial charge in [-0.3, -0.25) is 0 Å². The lowest BCUT2D eigenvalue weighted by molar-refractivity contribution is 0.302. The lowest BCUT2D eigenvalue weighted by atomic mass is 9.86. The van der Waals surface area contributed by atoms with Crippen molar-refractivity contribution >= 4 is 0 Å². The monoisotopic (exact) mass is 381 g/mol. The van der Waals surface area contributed by atoms with Crippen molar-refractivity contribution in [2.24, 2.45) is 0 Å². The summed E-state index contributed by atoms with van der Waals surface area (Å²) >= 11 is 0. The minimum Gasteiger partial charge on any atom is -0.366 e. The molecular weight excluding hydrogens is 362 g/mol. The van der Waals surface area contributed by atoms with E-state index in [-0.39, 0.29) is 12.0 Å². The topological polar surface area (TPSA) is 105 Å². The number of nitrogens with zero attached hydrogens (tertiary/aromatic N) is 6. The van der Waals surface area contributed by atoms with E-state index in [2.05, 4.69) is 37.7 Å². The largest absolute Gasteiger partial charge is 0.366 e. The van der Waals surface area contributed by atoms with E-state index in [4.69, 9.17) is 0 Å². The first-order valence-electron chi connectivity index (χ1n) is 9.38. The average molecular weight is 381 g/mol. The molecule has 0 amide bonds. The van der Waals surface area contributed by atoms with Crippen LogP contribution >= 0.6 is 0 Å². The minimum absolute atomic E-state index is 0.171. The Kier molecular flexibility index (Phi) is 4.80. The fourth-order valence-electron chi connectivity index (χ4n) is 4.18. The SMILES string of the molecule is CCC1=C(C#N)C(c2ccc(-c3ccccc3C#N)cc2)C(c2nnn[nH]2)N1C. The molecule has 1 aliphatic rings. The summed E-state index contributed by atoms with van der Waals surface area (Å²) in [5.74, 6) is 0.461. The van der Waals surface area contributed by atoms with Gasteiger partial charge in [-0.25, -0.2) is 5.10 Å². The van der Waals surface area contributed by atoms with Crippen LogP contribution in [0.3, 0.4) is 0 Å². The zero-order valence-corrected chi connectivity index (χ0v) is 16.2. The Morgan fingerprint density at radius 1 is 1.07 bits per heavy atom. The van der Waals surface area contributed by atoms with Gasteiger partial charge >= 0.3 is 0 Å². The van der Waals surface area contributed by atoms with Gasteiger partial charge in [0, 0.05) is 18.7 Å². The molecule has 0 spiro atoms. The van der Waals surface area contributed by atoms with Crippen molar-refractivity contribution in [2.75, 3.05) is 7.05 Å². The Bertz CT molecular complexity index is 1130. The van der Waals surface area contributed by atoms with Crippen molar-refractivity contribution < 1.29 is 0 Å². The molecule has 1 aromatic heterocycles. The van der Waals surface area contributed by atoms with Crippen molar-refractivity contribution in [2.45, 2.75) is 25.3 Å². The average Bonchev–Trinajstić information content (AvgIpc) is 3.39. The second-order valence-corrected chi connectivity index (χ2v) is 6.93. The molecule has 0 saturated heterocycles. The molecule has 0 bridgehead atoms. The summed E-state index contributed by atoms with van der Waals surface area (Å²) in [6, 6.07) is 20.1. The van der Waals surface area contributed by atoms with E-state index in [1.165, 1.54) is 0 Å². The van der Waals surface area contributed by atoms with Crippen LogP contribution in [0.2, 0.25) is 0 Å². The normalized spacial score (nSPS) is 18.6. The molecule has 142 valence electrons. The maximum Gasteiger partial charge on any atom is 0.172 e. The van der Waals surface area contributed by atoms with Crippen molar-refractivity contribution in [1.82, 2.24) is 25.5 Å². The Morgan fingerprint density at radius 2 is 1.83 bits per heavy atom.